The standard InChI is InChI=1S/C21H26N4O3/c1-4-22-21(24-13-16-7-10-18-19(11-16)28-14-27-18)23-12-15-5-8-17(9-6-15)20(26)25(2)3/h5-11H,4,12-14H2,1-3H3,(H2,22,23,24). The molecule has 0 aliphatic carbocycles. The van der Waals surface area contributed by atoms with Gasteiger partial charge in [-0.1, -0.05) is 18.2 Å². The molecular weight excluding hydrogens is 356 g/mol. The number of nitrogens with one attached hydrogen (secondary N) is 2. The topological polar surface area (TPSA) is 75.2 Å². The maximum Gasteiger partial charge on any atom is 0.253 e. The number of rotatable bonds is 6. The third-order valence-corrected chi connectivity index (χ3v) is 4.27. The molecule has 0 saturated carbocycles. The molecule has 1 aliphatic rings. The van der Waals surface area contributed by atoms with Crippen LogP contribution in [0.1, 0.15) is 28.4 Å². The largest absolute Gasteiger partial charge is 0.454 e. The van der Waals surface area contributed by atoms with Gasteiger partial charge in [0, 0.05) is 32.7 Å². The molecule has 0 fully saturated rings. The van der Waals surface area contributed by atoms with E-state index in [1.165, 1.54) is 0 Å². The van der Waals surface area contributed by atoms with Crippen molar-refractivity contribution in [1.29, 1.82) is 0 Å². The van der Waals surface area contributed by atoms with Crippen LogP contribution in [-0.2, 0) is 13.1 Å². The minimum atomic E-state index is -0.00173. The maximum absolute atomic E-state index is 12.0. The van der Waals surface area contributed by atoms with Gasteiger partial charge in [-0.15, -0.1) is 0 Å². The Hall–Kier alpha value is -3.22. The number of hydrogen-bond donors (Lipinski definition) is 2. The molecule has 7 nitrogen and oxygen atoms in total. The zero-order chi connectivity index (χ0) is 19.9. The fourth-order valence-corrected chi connectivity index (χ4v) is 2.76. The predicted octanol–water partition coefficient (Wildman–Crippen LogP) is 2.37. The molecule has 0 atom stereocenters. The molecule has 0 radical (unpaired) electrons. The lowest BCUT2D eigenvalue weighted by molar-refractivity contribution is 0.0827. The molecule has 2 aromatic rings. The molecule has 1 aliphatic heterocycles. The summed E-state index contributed by atoms with van der Waals surface area (Å²) in [6.45, 7) is 4.21. The maximum atomic E-state index is 12.0. The molecular formula is C21H26N4O3. The van der Waals surface area contributed by atoms with E-state index in [9.17, 15) is 4.79 Å². The smallest absolute Gasteiger partial charge is 0.253 e. The van der Waals surface area contributed by atoms with E-state index in [2.05, 4.69) is 15.6 Å². The highest BCUT2D eigenvalue weighted by atomic mass is 16.7. The molecule has 1 heterocycles. The number of hydrogen-bond acceptors (Lipinski definition) is 4. The first kappa shape index (κ1) is 19.5. The summed E-state index contributed by atoms with van der Waals surface area (Å²) in [6.07, 6.45) is 0. The van der Waals surface area contributed by atoms with Crippen LogP contribution in [0.3, 0.4) is 0 Å². The molecule has 0 saturated heterocycles. The van der Waals surface area contributed by atoms with Crippen molar-refractivity contribution in [3.8, 4) is 11.5 Å². The summed E-state index contributed by atoms with van der Waals surface area (Å²) in [6, 6.07) is 13.4. The Kier molecular flexibility index (Phi) is 6.37. The Bertz CT molecular complexity index is 847. The van der Waals surface area contributed by atoms with Crippen LogP contribution in [0.5, 0.6) is 11.5 Å². The highest BCUT2D eigenvalue weighted by Crippen LogP contribution is 2.32. The summed E-state index contributed by atoms with van der Waals surface area (Å²) in [5.74, 6) is 2.26. The summed E-state index contributed by atoms with van der Waals surface area (Å²) >= 11 is 0. The summed E-state index contributed by atoms with van der Waals surface area (Å²) in [5.41, 5.74) is 2.80. The Morgan fingerprint density at radius 2 is 1.75 bits per heavy atom. The van der Waals surface area contributed by atoms with E-state index in [4.69, 9.17) is 9.47 Å². The van der Waals surface area contributed by atoms with Crippen molar-refractivity contribution in [2.24, 2.45) is 4.99 Å². The van der Waals surface area contributed by atoms with Gasteiger partial charge < -0.3 is 25.0 Å². The van der Waals surface area contributed by atoms with E-state index < -0.39 is 0 Å². The highest BCUT2D eigenvalue weighted by Gasteiger charge is 2.13. The minimum Gasteiger partial charge on any atom is -0.454 e. The lowest BCUT2D eigenvalue weighted by Gasteiger charge is -2.13. The molecule has 0 unspecified atom stereocenters. The molecule has 2 N–H and O–H groups in total. The van der Waals surface area contributed by atoms with E-state index in [-0.39, 0.29) is 12.7 Å². The zero-order valence-electron chi connectivity index (χ0n) is 16.5. The van der Waals surface area contributed by atoms with Crippen LogP contribution in [0.4, 0.5) is 0 Å². The highest BCUT2D eigenvalue weighted by molar-refractivity contribution is 5.93. The average molecular weight is 382 g/mol. The second-order valence-corrected chi connectivity index (χ2v) is 6.63. The van der Waals surface area contributed by atoms with Gasteiger partial charge in [0.2, 0.25) is 6.79 Å². The monoisotopic (exact) mass is 382 g/mol. The van der Waals surface area contributed by atoms with Gasteiger partial charge in [0.25, 0.3) is 5.91 Å². The van der Waals surface area contributed by atoms with Gasteiger partial charge in [-0.05, 0) is 42.3 Å². The second kappa shape index (κ2) is 9.12. The minimum absolute atomic E-state index is 0.00173. The summed E-state index contributed by atoms with van der Waals surface area (Å²) in [5, 5.41) is 6.56. The number of aliphatic imine (C=N–C) groups is 1. The van der Waals surface area contributed by atoms with Gasteiger partial charge in [-0.3, -0.25) is 4.79 Å². The van der Waals surface area contributed by atoms with Crippen molar-refractivity contribution in [3.05, 3.63) is 59.2 Å². The normalized spacial score (nSPS) is 12.6. The molecule has 2 aromatic carbocycles. The average Bonchev–Trinajstić information content (AvgIpc) is 3.17. The number of ether oxygens (including phenoxy) is 2. The third kappa shape index (κ3) is 4.94. The van der Waals surface area contributed by atoms with Crippen LogP contribution in [0, 0.1) is 0 Å². The van der Waals surface area contributed by atoms with Crippen LogP contribution in [0.2, 0.25) is 0 Å². The van der Waals surface area contributed by atoms with Crippen molar-refractivity contribution < 1.29 is 14.3 Å². The van der Waals surface area contributed by atoms with Crippen LogP contribution in [-0.4, -0.2) is 44.2 Å². The van der Waals surface area contributed by atoms with Gasteiger partial charge in [0.15, 0.2) is 17.5 Å². The number of guanidine groups is 1. The molecule has 28 heavy (non-hydrogen) atoms. The van der Waals surface area contributed by atoms with Crippen molar-refractivity contribution in [3.63, 3.8) is 0 Å². The number of carbonyl (C=O) groups is 1. The Labute approximate surface area is 165 Å². The van der Waals surface area contributed by atoms with Crippen molar-refractivity contribution in [1.82, 2.24) is 15.5 Å². The molecule has 0 bridgehead atoms. The van der Waals surface area contributed by atoms with Gasteiger partial charge in [0.05, 0.1) is 6.54 Å². The fourth-order valence-electron chi connectivity index (χ4n) is 2.76. The Balaban J connectivity index is 1.59. The SMILES string of the molecule is CCNC(=NCc1ccc2c(c1)OCO2)NCc1ccc(C(=O)N(C)C)cc1. The van der Waals surface area contributed by atoms with Crippen molar-refractivity contribution >= 4 is 11.9 Å². The first-order chi connectivity index (χ1) is 13.6. The molecule has 1 amide bonds. The van der Waals surface area contributed by atoms with Gasteiger partial charge >= 0.3 is 0 Å². The molecule has 148 valence electrons. The molecule has 0 spiro atoms. The quantitative estimate of drug-likeness (QED) is 0.593. The molecule has 3 rings (SSSR count). The van der Waals surface area contributed by atoms with Gasteiger partial charge in [-0.2, -0.15) is 0 Å². The lowest BCUT2D eigenvalue weighted by atomic mass is 10.1. The zero-order valence-corrected chi connectivity index (χ0v) is 16.5. The van der Waals surface area contributed by atoms with E-state index >= 15 is 0 Å². The first-order valence-corrected chi connectivity index (χ1v) is 9.28. The number of benzene rings is 2. The first-order valence-electron chi connectivity index (χ1n) is 9.28. The molecule has 0 aromatic heterocycles. The Morgan fingerprint density at radius 3 is 2.46 bits per heavy atom. The van der Waals surface area contributed by atoms with E-state index in [1.54, 1.807) is 19.0 Å². The number of carbonyl (C=O) groups excluding carboxylic acids is 1. The van der Waals surface area contributed by atoms with Crippen LogP contribution in [0.15, 0.2) is 47.5 Å². The number of amides is 1. The van der Waals surface area contributed by atoms with Crippen molar-refractivity contribution in [2.45, 2.75) is 20.0 Å². The van der Waals surface area contributed by atoms with Gasteiger partial charge in [-0.25, -0.2) is 4.99 Å². The van der Waals surface area contributed by atoms with Crippen LogP contribution >= 0.6 is 0 Å². The summed E-state index contributed by atoms with van der Waals surface area (Å²) in [4.78, 5) is 18.2. The lowest BCUT2D eigenvalue weighted by Crippen LogP contribution is -2.36. The van der Waals surface area contributed by atoms with E-state index in [0.29, 0.717) is 18.7 Å². The summed E-state index contributed by atoms with van der Waals surface area (Å²) in [7, 11) is 3.49. The summed E-state index contributed by atoms with van der Waals surface area (Å²) < 4.78 is 10.7. The van der Waals surface area contributed by atoms with Crippen molar-refractivity contribution in [2.75, 3.05) is 27.4 Å². The van der Waals surface area contributed by atoms with E-state index in [0.717, 1.165) is 35.1 Å². The Morgan fingerprint density at radius 1 is 1.04 bits per heavy atom. The van der Waals surface area contributed by atoms with Gasteiger partial charge in [0.1, 0.15) is 0 Å². The second-order valence-electron chi connectivity index (χ2n) is 6.63. The number of nitrogens with zero attached hydrogens (tertiary/aromatic N) is 2. The van der Waals surface area contributed by atoms with Crippen LogP contribution < -0.4 is 20.1 Å². The van der Waals surface area contributed by atoms with E-state index in [1.807, 2.05) is 49.4 Å². The van der Waals surface area contributed by atoms with Crippen LogP contribution in [0.25, 0.3) is 0 Å². The predicted molar refractivity (Wildman–Crippen MR) is 109 cm³/mol. The molecule has 7 heteroatoms. The third-order valence-electron chi connectivity index (χ3n) is 4.27. The fraction of sp³-hybridized carbons (Fsp3) is 0.333. The number of fused-ring (bicyclic) bond motifs is 1.